The second kappa shape index (κ2) is 3.85. The lowest BCUT2D eigenvalue weighted by molar-refractivity contribution is 0.285. The number of nitrogens with zero attached hydrogens (tertiary/aromatic N) is 1. The molecule has 1 N–H and O–H groups in total. The molecule has 3 rings (SSSR count). The van der Waals surface area contributed by atoms with Gasteiger partial charge in [0.1, 0.15) is 5.03 Å². The summed E-state index contributed by atoms with van der Waals surface area (Å²) < 4.78 is 24.7. The van der Waals surface area contributed by atoms with Crippen LogP contribution in [0.1, 0.15) is 12.0 Å². The standard InChI is InChI=1S/C12H14N2O2S/c15-17(16)11-5-2-1-4-10(11)8-12(17)14-7-3-6-13-9-14/h1-2,4-5,8,13H,3,6-7,9H2. The third-order valence-corrected chi connectivity index (χ3v) is 5.04. The van der Waals surface area contributed by atoms with Crippen molar-refractivity contribution in [3.8, 4) is 0 Å². The summed E-state index contributed by atoms with van der Waals surface area (Å²) >= 11 is 0. The topological polar surface area (TPSA) is 49.4 Å². The molecule has 4 nitrogen and oxygen atoms in total. The van der Waals surface area contributed by atoms with Crippen LogP contribution in [0.15, 0.2) is 34.2 Å². The summed E-state index contributed by atoms with van der Waals surface area (Å²) in [5, 5.41) is 3.63. The molecule has 2 aliphatic rings. The Bertz CT molecular complexity index is 572. The molecule has 0 radical (unpaired) electrons. The summed E-state index contributed by atoms with van der Waals surface area (Å²) in [5.74, 6) is 0. The minimum absolute atomic E-state index is 0.431. The van der Waals surface area contributed by atoms with E-state index in [1.54, 1.807) is 18.2 Å². The van der Waals surface area contributed by atoms with Crippen LogP contribution in [0.4, 0.5) is 0 Å². The van der Waals surface area contributed by atoms with E-state index in [9.17, 15) is 8.42 Å². The Kier molecular flexibility index (Phi) is 2.45. The van der Waals surface area contributed by atoms with Crippen LogP contribution in [0.3, 0.4) is 0 Å². The number of nitrogens with one attached hydrogen (secondary N) is 1. The average molecular weight is 250 g/mol. The van der Waals surface area contributed by atoms with Crippen molar-refractivity contribution in [3.05, 3.63) is 34.9 Å². The van der Waals surface area contributed by atoms with Gasteiger partial charge in [-0.05, 0) is 30.7 Å². The molecule has 0 spiro atoms. The Balaban J connectivity index is 2.04. The molecule has 5 heteroatoms. The van der Waals surface area contributed by atoms with E-state index in [0.717, 1.165) is 25.1 Å². The molecule has 1 saturated heterocycles. The van der Waals surface area contributed by atoms with E-state index in [-0.39, 0.29) is 0 Å². The highest BCUT2D eigenvalue weighted by atomic mass is 32.2. The second-order valence-corrected chi connectivity index (χ2v) is 6.16. The number of benzene rings is 1. The van der Waals surface area contributed by atoms with E-state index in [0.29, 0.717) is 16.6 Å². The molecule has 0 bridgehead atoms. The molecule has 1 aromatic carbocycles. The highest BCUT2D eigenvalue weighted by molar-refractivity contribution is 7.95. The van der Waals surface area contributed by atoms with Gasteiger partial charge in [0.15, 0.2) is 0 Å². The molecule has 1 aromatic rings. The summed E-state index contributed by atoms with van der Waals surface area (Å²) in [6.07, 6.45) is 2.75. The monoisotopic (exact) mass is 250 g/mol. The van der Waals surface area contributed by atoms with Crippen LogP contribution in [-0.2, 0) is 9.84 Å². The molecule has 0 aliphatic carbocycles. The van der Waals surface area contributed by atoms with Crippen molar-refractivity contribution < 1.29 is 8.42 Å². The van der Waals surface area contributed by atoms with E-state index < -0.39 is 9.84 Å². The van der Waals surface area contributed by atoms with Crippen molar-refractivity contribution >= 4 is 15.9 Å². The zero-order chi connectivity index (χ0) is 11.9. The number of fused-ring (bicyclic) bond motifs is 1. The Labute approximate surface area is 101 Å². The maximum Gasteiger partial charge on any atom is 0.222 e. The van der Waals surface area contributed by atoms with E-state index in [1.807, 2.05) is 17.0 Å². The second-order valence-electron chi connectivity index (χ2n) is 4.30. The Morgan fingerprint density at radius 3 is 2.76 bits per heavy atom. The minimum Gasteiger partial charge on any atom is -0.349 e. The fraction of sp³-hybridized carbons (Fsp3) is 0.333. The Morgan fingerprint density at radius 1 is 1.24 bits per heavy atom. The van der Waals surface area contributed by atoms with Crippen LogP contribution in [0.25, 0.3) is 6.08 Å². The van der Waals surface area contributed by atoms with Crippen molar-refractivity contribution in [2.75, 3.05) is 19.8 Å². The van der Waals surface area contributed by atoms with Gasteiger partial charge in [0.05, 0.1) is 11.6 Å². The first-order chi connectivity index (χ1) is 8.19. The van der Waals surface area contributed by atoms with Gasteiger partial charge in [-0.15, -0.1) is 0 Å². The normalized spacial score (nSPS) is 22.1. The van der Waals surface area contributed by atoms with E-state index >= 15 is 0 Å². The molecule has 2 aliphatic heterocycles. The Hall–Kier alpha value is -1.33. The van der Waals surface area contributed by atoms with Crippen LogP contribution in [-0.4, -0.2) is 33.1 Å². The summed E-state index contributed by atoms with van der Waals surface area (Å²) in [4.78, 5) is 2.33. The van der Waals surface area contributed by atoms with Gasteiger partial charge in [-0.25, -0.2) is 8.42 Å². The minimum atomic E-state index is -3.30. The predicted molar refractivity (Wildman–Crippen MR) is 65.8 cm³/mol. The first-order valence-corrected chi connectivity index (χ1v) is 7.19. The van der Waals surface area contributed by atoms with E-state index in [2.05, 4.69) is 5.32 Å². The smallest absolute Gasteiger partial charge is 0.222 e. The maximum atomic E-state index is 12.3. The summed E-state index contributed by atoms with van der Waals surface area (Å²) in [7, 11) is -3.30. The molecule has 17 heavy (non-hydrogen) atoms. The number of hydrogen-bond acceptors (Lipinski definition) is 4. The van der Waals surface area contributed by atoms with Gasteiger partial charge in [0, 0.05) is 6.54 Å². The van der Waals surface area contributed by atoms with Crippen molar-refractivity contribution in [1.82, 2.24) is 10.2 Å². The van der Waals surface area contributed by atoms with Crippen LogP contribution >= 0.6 is 0 Å². The zero-order valence-corrected chi connectivity index (χ0v) is 10.2. The molecule has 1 fully saturated rings. The molecule has 0 atom stereocenters. The van der Waals surface area contributed by atoms with Gasteiger partial charge in [-0.2, -0.15) is 0 Å². The van der Waals surface area contributed by atoms with Gasteiger partial charge >= 0.3 is 0 Å². The third-order valence-electron chi connectivity index (χ3n) is 3.16. The highest BCUT2D eigenvalue weighted by Gasteiger charge is 2.33. The number of rotatable bonds is 1. The lowest BCUT2D eigenvalue weighted by Crippen LogP contribution is -2.41. The molecular weight excluding hydrogens is 236 g/mol. The van der Waals surface area contributed by atoms with Crippen LogP contribution in [0.5, 0.6) is 0 Å². The van der Waals surface area contributed by atoms with E-state index in [4.69, 9.17) is 0 Å². The summed E-state index contributed by atoms with van der Waals surface area (Å²) in [6.45, 7) is 2.36. The maximum absolute atomic E-state index is 12.3. The molecule has 0 amide bonds. The molecule has 2 heterocycles. The largest absolute Gasteiger partial charge is 0.349 e. The lowest BCUT2D eigenvalue weighted by atomic mass is 10.2. The van der Waals surface area contributed by atoms with E-state index in [1.165, 1.54) is 0 Å². The molecular formula is C12H14N2O2S. The van der Waals surface area contributed by atoms with Gasteiger partial charge in [-0.3, -0.25) is 5.32 Å². The molecule has 90 valence electrons. The van der Waals surface area contributed by atoms with Gasteiger partial charge in [0.25, 0.3) is 0 Å². The lowest BCUT2D eigenvalue weighted by Gasteiger charge is -2.29. The van der Waals surface area contributed by atoms with Crippen molar-refractivity contribution in [2.45, 2.75) is 11.3 Å². The van der Waals surface area contributed by atoms with Crippen molar-refractivity contribution in [1.29, 1.82) is 0 Å². The zero-order valence-electron chi connectivity index (χ0n) is 9.39. The Morgan fingerprint density at radius 2 is 2.06 bits per heavy atom. The van der Waals surface area contributed by atoms with Gasteiger partial charge < -0.3 is 4.90 Å². The molecule has 0 saturated carbocycles. The SMILES string of the molecule is O=S1(=O)C(N2CCCNC2)=Cc2ccccc21. The predicted octanol–water partition coefficient (Wildman–Crippen LogP) is 1.03. The van der Waals surface area contributed by atoms with Crippen molar-refractivity contribution in [3.63, 3.8) is 0 Å². The first-order valence-electron chi connectivity index (χ1n) is 5.71. The fourth-order valence-electron chi connectivity index (χ4n) is 2.31. The highest BCUT2D eigenvalue weighted by Crippen LogP contribution is 2.34. The molecule has 0 aromatic heterocycles. The van der Waals surface area contributed by atoms with Gasteiger partial charge in [-0.1, -0.05) is 18.2 Å². The van der Waals surface area contributed by atoms with Crippen LogP contribution < -0.4 is 5.32 Å². The quantitative estimate of drug-likeness (QED) is 0.808. The number of hydrogen-bond donors (Lipinski definition) is 1. The first kappa shape index (κ1) is 10.8. The fourth-order valence-corrected chi connectivity index (χ4v) is 4.00. The van der Waals surface area contributed by atoms with Crippen molar-refractivity contribution in [2.24, 2.45) is 0 Å². The van der Waals surface area contributed by atoms with Crippen LogP contribution in [0, 0.1) is 0 Å². The van der Waals surface area contributed by atoms with Gasteiger partial charge in [0.2, 0.25) is 9.84 Å². The summed E-state index contributed by atoms with van der Waals surface area (Å²) in [5.41, 5.74) is 0.799. The van der Waals surface area contributed by atoms with Crippen LogP contribution in [0.2, 0.25) is 0 Å². The number of sulfone groups is 1. The summed E-state index contributed by atoms with van der Waals surface area (Å²) in [6, 6.07) is 7.15. The third kappa shape index (κ3) is 1.66. The molecule has 0 unspecified atom stereocenters. The average Bonchev–Trinajstić information content (AvgIpc) is 2.63.